The highest BCUT2D eigenvalue weighted by Crippen LogP contribution is 2.46. The van der Waals surface area contributed by atoms with Crippen LogP contribution in [0.15, 0.2) is 24.3 Å². The van der Waals surface area contributed by atoms with Crippen LogP contribution in [0.2, 0.25) is 0 Å². The Hall–Kier alpha value is -1.46. The van der Waals surface area contributed by atoms with Gasteiger partial charge in [0.05, 0.1) is 6.04 Å². The average Bonchev–Trinajstić information content (AvgIpc) is 3.12. The molecule has 4 aliphatic rings. The van der Waals surface area contributed by atoms with Crippen LogP contribution < -0.4 is 0 Å². The number of hydrogen-bond donors (Lipinski definition) is 0. The molecule has 0 unspecified atom stereocenters. The van der Waals surface area contributed by atoms with Gasteiger partial charge in [-0.05, 0) is 62.4 Å². The van der Waals surface area contributed by atoms with Crippen molar-refractivity contribution in [2.24, 2.45) is 5.92 Å². The second-order valence-corrected chi connectivity index (χ2v) is 8.36. The van der Waals surface area contributed by atoms with Crippen LogP contribution in [0.3, 0.4) is 0 Å². The lowest BCUT2D eigenvalue weighted by atomic mass is 9.75. The number of fused-ring (bicyclic) bond motifs is 2. The van der Waals surface area contributed by atoms with E-state index in [1.807, 2.05) is 12.1 Å². The van der Waals surface area contributed by atoms with Gasteiger partial charge in [-0.3, -0.25) is 9.69 Å². The number of ether oxygens (including phenoxy) is 1. The maximum absolute atomic E-state index is 13.4. The fraction of sp³-hybridized carbons (Fsp3) is 0.682. The van der Waals surface area contributed by atoms with E-state index in [0.29, 0.717) is 36.2 Å². The summed E-state index contributed by atoms with van der Waals surface area (Å²) >= 11 is 0. The van der Waals surface area contributed by atoms with Crippen LogP contribution in [-0.2, 0) is 9.53 Å². The van der Waals surface area contributed by atoms with E-state index in [2.05, 4.69) is 9.80 Å². The highest BCUT2D eigenvalue weighted by atomic mass is 19.1. The van der Waals surface area contributed by atoms with E-state index in [0.717, 1.165) is 45.5 Å². The summed E-state index contributed by atoms with van der Waals surface area (Å²) in [5.41, 5.74) is 1.18. The smallest absolute Gasteiger partial charge is 0.222 e. The van der Waals surface area contributed by atoms with Crippen molar-refractivity contribution in [3.05, 3.63) is 35.6 Å². The number of unbranched alkanes of at least 4 members (excludes halogenated alkanes) is 2. The highest BCUT2D eigenvalue weighted by molar-refractivity contribution is 5.77. The number of hydrogen-bond acceptors (Lipinski definition) is 3. The lowest BCUT2D eigenvalue weighted by Crippen LogP contribution is -2.60. The first kappa shape index (κ1) is 18.9. The zero-order chi connectivity index (χ0) is 18.8. The van der Waals surface area contributed by atoms with E-state index >= 15 is 0 Å². The third-order valence-corrected chi connectivity index (χ3v) is 6.85. The van der Waals surface area contributed by atoms with Gasteiger partial charge in [0.2, 0.25) is 5.91 Å². The van der Waals surface area contributed by atoms with E-state index in [-0.39, 0.29) is 5.82 Å². The first-order chi connectivity index (χ1) is 13.2. The predicted molar refractivity (Wildman–Crippen MR) is 103 cm³/mol. The number of likely N-dealkylation sites (tertiary alicyclic amines) is 1. The number of piperidine rings is 3. The van der Waals surface area contributed by atoms with Gasteiger partial charge in [0.1, 0.15) is 5.82 Å². The first-order valence-corrected chi connectivity index (χ1v) is 10.5. The molecule has 0 N–H and O–H groups in total. The molecule has 5 rings (SSSR count). The second kappa shape index (κ2) is 8.27. The summed E-state index contributed by atoms with van der Waals surface area (Å²) < 4.78 is 18.5. The molecule has 1 aromatic rings. The Bertz CT molecular complexity index is 642. The number of nitrogens with zero attached hydrogens (tertiary/aromatic N) is 2. The van der Waals surface area contributed by atoms with Crippen LogP contribution in [0.5, 0.6) is 0 Å². The van der Waals surface area contributed by atoms with Crippen LogP contribution in [-0.4, -0.2) is 61.1 Å². The molecule has 4 heterocycles. The van der Waals surface area contributed by atoms with E-state index < -0.39 is 0 Å². The van der Waals surface area contributed by atoms with Gasteiger partial charge in [-0.15, -0.1) is 0 Å². The van der Waals surface area contributed by atoms with Crippen molar-refractivity contribution in [3.8, 4) is 0 Å². The number of amides is 1. The molecule has 0 radical (unpaired) electrons. The maximum Gasteiger partial charge on any atom is 0.222 e. The number of rotatable bonds is 7. The standard InChI is InChI=1S/C22H31FN2O2/c1-27-14-4-2-3-5-20(26)25-15-19(16-6-8-18(23)9-7-16)22-21(25)17-10-12-24(22)13-11-17/h6-9,17,19,21-22H,2-5,10-15H2,1H3/t19-,21+,22+/m1/s1. The molecule has 0 aromatic heterocycles. The monoisotopic (exact) mass is 374 g/mol. The van der Waals surface area contributed by atoms with Crippen LogP contribution in [0.1, 0.15) is 50.0 Å². The van der Waals surface area contributed by atoms with Gasteiger partial charge in [0.25, 0.3) is 0 Å². The summed E-state index contributed by atoms with van der Waals surface area (Å²) in [6, 6.07) is 7.69. The van der Waals surface area contributed by atoms with Crippen molar-refractivity contribution in [2.45, 2.75) is 56.5 Å². The summed E-state index contributed by atoms with van der Waals surface area (Å²) in [5.74, 6) is 1.04. The number of halogens is 1. The molecular weight excluding hydrogens is 343 g/mol. The molecule has 5 heteroatoms. The van der Waals surface area contributed by atoms with Crippen LogP contribution in [0, 0.1) is 11.7 Å². The highest BCUT2D eigenvalue weighted by Gasteiger charge is 2.54. The molecule has 2 bridgehead atoms. The molecule has 4 nitrogen and oxygen atoms in total. The topological polar surface area (TPSA) is 32.8 Å². The lowest BCUT2D eigenvalue weighted by molar-refractivity contribution is -0.136. The van der Waals surface area contributed by atoms with Gasteiger partial charge in [-0.2, -0.15) is 0 Å². The molecule has 4 fully saturated rings. The molecule has 3 atom stereocenters. The number of carbonyl (C=O) groups excluding carboxylic acids is 1. The van der Waals surface area contributed by atoms with Gasteiger partial charge in [-0.25, -0.2) is 4.39 Å². The van der Waals surface area contributed by atoms with Crippen LogP contribution in [0.4, 0.5) is 4.39 Å². The summed E-state index contributed by atoms with van der Waals surface area (Å²) in [6.07, 6.45) is 6.04. The first-order valence-electron chi connectivity index (χ1n) is 10.5. The molecule has 27 heavy (non-hydrogen) atoms. The van der Waals surface area contributed by atoms with Crippen molar-refractivity contribution in [1.82, 2.24) is 9.80 Å². The molecule has 148 valence electrons. The Balaban J connectivity index is 1.49. The SMILES string of the molecule is COCCCCCC(=O)N1C[C@H](c2ccc(F)cc2)[C@H]2[C@@H]1C1CCN2CC1. The average molecular weight is 375 g/mol. The Kier molecular flexibility index (Phi) is 5.79. The zero-order valence-corrected chi connectivity index (χ0v) is 16.3. The van der Waals surface area contributed by atoms with E-state index in [9.17, 15) is 9.18 Å². The molecule has 4 saturated heterocycles. The molecule has 1 amide bonds. The third kappa shape index (κ3) is 3.77. The zero-order valence-electron chi connectivity index (χ0n) is 16.3. The van der Waals surface area contributed by atoms with Gasteiger partial charge >= 0.3 is 0 Å². The van der Waals surface area contributed by atoms with Gasteiger partial charge in [0.15, 0.2) is 0 Å². The Labute approximate surface area is 161 Å². The Morgan fingerprint density at radius 3 is 2.56 bits per heavy atom. The number of methoxy groups -OCH3 is 1. The number of benzene rings is 1. The lowest BCUT2D eigenvalue weighted by Gasteiger charge is -2.51. The van der Waals surface area contributed by atoms with Gasteiger partial charge in [0, 0.05) is 38.6 Å². The molecule has 0 saturated carbocycles. The molecule has 0 spiro atoms. The quantitative estimate of drug-likeness (QED) is 0.686. The minimum Gasteiger partial charge on any atom is -0.385 e. The fourth-order valence-electron chi connectivity index (χ4n) is 5.55. The summed E-state index contributed by atoms with van der Waals surface area (Å²) in [5, 5.41) is 0. The molecule has 1 aromatic carbocycles. The van der Waals surface area contributed by atoms with Crippen molar-refractivity contribution < 1.29 is 13.9 Å². The van der Waals surface area contributed by atoms with Gasteiger partial charge < -0.3 is 9.64 Å². The minimum atomic E-state index is -0.192. The fourth-order valence-corrected chi connectivity index (χ4v) is 5.55. The van der Waals surface area contributed by atoms with Crippen molar-refractivity contribution in [1.29, 1.82) is 0 Å². The number of carbonyl (C=O) groups is 1. The second-order valence-electron chi connectivity index (χ2n) is 8.36. The Morgan fingerprint density at radius 2 is 1.85 bits per heavy atom. The van der Waals surface area contributed by atoms with E-state index in [4.69, 9.17) is 4.74 Å². The summed E-state index contributed by atoms with van der Waals surface area (Å²) in [4.78, 5) is 17.8. The van der Waals surface area contributed by atoms with E-state index in [1.165, 1.54) is 18.4 Å². The van der Waals surface area contributed by atoms with Crippen molar-refractivity contribution in [2.75, 3.05) is 33.4 Å². The Morgan fingerprint density at radius 1 is 1.11 bits per heavy atom. The largest absolute Gasteiger partial charge is 0.385 e. The predicted octanol–water partition coefficient (Wildman–Crippen LogP) is 3.42. The molecule has 0 aliphatic carbocycles. The van der Waals surface area contributed by atoms with E-state index in [1.54, 1.807) is 19.2 Å². The van der Waals surface area contributed by atoms with Crippen LogP contribution in [0.25, 0.3) is 0 Å². The van der Waals surface area contributed by atoms with Crippen LogP contribution >= 0.6 is 0 Å². The normalized spacial score (nSPS) is 31.9. The summed E-state index contributed by atoms with van der Waals surface area (Å²) in [7, 11) is 1.72. The van der Waals surface area contributed by atoms with Crippen molar-refractivity contribution >= 4 is 5.91 Å². The van der Waals surface area contributed by atoms with Gasteiger partial charge in [-0.1, -0.05) is 18.6 Å². The molecular formula is C22H31FN2O2. The van der Waals surface area contributed by atoms with Crippen molar-refractivity contribution in [3.63, 3.8) is 0 Å². The minimum absolute atomic E-state index is 0.192. The molecule has 4 aliphatic heterocycles. The third-order valence-electron chi connectivity index (χ3n) is 6.85. The summed E-state index contributed by atoms with van der Waals surface area (Å²) in [6.45, 7) is 3.84. The maximum atomic E-state index is 13.4.